The standard InChI is InChI=1S/C27H27N7O2/c1-33-17-21(14-31-33)25-16-29-24(9-5-8-19-6-3-2-4-7-19)27(36)34(25)18-26(35)30-15-22-12-20-13-28-11-10-23(20)32-22/h2-4,6-7,10-14,16-17,32H,5,8-9,15,18H2,1H3,(H,30,35). The van der Waals surface area contributed by atoms with Crippen LogP contribution in [-0.2, 0) is 37.8 Å². The average molecular weight is 482 g/mol. The molecule has 9 heteroatoms. The van der Waals surface area contributed by atoms with E-state index in [0.29, 0.717) is 24.4 Å². The Kier molecular flexibility index (Phi) is 6.70. The van der Waals surface area contributed by atoms with Gasteiger partial charge in [0.2, 0.25) is 5.91 Å². The molecule has 4 aromatic heterocycles. The number of aromatic nitrogens is 6. The van der Waals surface area contributed by atoms with Gasteiger partial charge in [-0.25, -0.2) is 0 Å². The molecule has 0 saturated heterocycles. The summed E-state index contributed by atoms with van der Waals surface area (Å²) in [6, 6.07) is 14.0. The molecule has 9 nitrogen and oxygen atoms in total. The number of aromatic amines is 1. The van der Waals surface area contributed by atoms with Crippen molar-refractivity contribution in [3.05, 3.63) is 101 Å². The number of aryl methyl sites for hydroxylation is 3. The zero-order chi connectivity index (χ0) is 24.9. The fraction of sp³-hybridized carbons (Fsp3) is 0.222. The number of benzene rings is 1. The van der Waals surface area contributed by atoms with Crippen LogP contribution in [-0.4, -0.2) is 35.2 Å². The first-order valence-corrected chi connectivity index (χ1v) is 11.9. The van der Waals surface area contributed by atoms with Crippen LogP contribution in [0.3, 0.4) is 0 Å². The Morgan fingerprint density at radius 2 is 1.94 bits per heavy atom. The molecule has 0 bridgehead atoms. The maximum atomic E-state index is 13.4. The Balaban J connectivity index is 1.33. The Hall–Kier alpha value is -4.53. The molecule has 5 aromatic rings. The van der Waals surface area contributed by atoms with Crippen molar-refractivity contribution in [3.63, 3.8) is 0 Å². The monoisotopic (exact) mass is 481 g/mol. The molecule has 0 aliphatic carbocycles. The van der Waals surface area contributed by atoms with E-state index < -0.39 is 0 Å². The van der Waals surface area contributed by atoms with Gasteiger partial charge in [0.05, 0.1) is 24.6 Å². The van der Waals surface area contributed by atoms with Gasteiger partial charge in [-0.15, -0.1) is 0 Å². The number of hydrogen-bond acceptors (Lipinski definition) is 5. The van der Waals surface area contributed by atoms with Crippen LogP contribution in [0.1, 0.15) is 23.4 Å². The molecule has 36 heavy (non-hydrogen) atoms. The summed E-state index contributed by atoms with van der Waals surface area (Å²) in [5.41, 5.74) is 4.53. The zero-order valence-electron chi connectivity index (χ0n) is 20.0. The van der Waals surface area contributed by atoms with Gasteiger partial charge in [-0.2, -0.15) is 5.10 Å². The van der Waals surface area contributed by atoms with E-state index in [1.807, 2.05) is 30.3 Å². The van der Waals surface area contributed by atoms with Crippen molar-refractivity contribution in [2.75, 3.05) is 0 Å². The minimum atomic E-state index is -0.263. The Labute approximate surface area is 207 Å². The second-order valence-electron chi connectivity index (χ2n) is 8.76. The third-order valence-electron chi connectivity index (χ3n) is 6.10. The Bertz CT molecular complexity index is 1520. The van der Waals surface area contributed by atoms with Crippen LogP contribution >= 0.6 is 0 Å². The number of H-pyrrole nitrogens is 1. The van der Waals surface area contributed by atoms with E-state index in [0.717, 1.165) is 35.0 Å². The molecule has 1 amide bonds. The highest BCUT2D eigenvalue weighted by Gasteiger charge is 2.16. The van der Waals surface area contributed by atoms with Crippen LogP contribution in [0.15, 0.2) is 78.2 Å². The van der Waals surface area contributed by atoms with Gasteiger partial charge in [-0.1, -0.05) is 30.3 Å². The number of carbonyl (C=O) groups excluding carboxylic acids is 1. The summed E-state index contributed by atoms with van der Waals surface area (Å²) in [5.74, 6) is -0.263. The lowest BCUT2D eigenvalue weighted by atomic mass is 10.1. The quantitative estimate of drug-likeness (QED) is 0.336. The number of amides is 1. The van der Waals surface area contributed by atoms with Crippen LogP contribution < -0.4 is 10.9 Å². The molecule has 1 aromatic carbocycles. The number of carbonyl (C=O) groups is 1. The van der Waals surface area contributed by atoms with Crippen molar-refractivity contribution >= 4 is 16.8 Å². The first kappa shape index (κ1) is 23.2. The summed E-state index contributed by atoms with van der Waals surface area (Å²) < 4.78 is 3.15. The topological polar surface area (TPSA) is 110 Å². The average Bonchev–Trinajstić information content (AvgIpc) is 3.51. The van der Waals surface area contributed by atoms with Crippen molar-refractivity contribution < 1.29 is 4.79 Å². The summed E-state index contributed by atoms with van der Waals surface area (Å²) in [6.07, 6.45) is 10.8. The molecule has 0 spiro atoms. The predicted octanol–water partition coefficient (Wildman–Crippen LogP) is 3.01. The number of pyridine rings is 1. The lowest BCUT2D eigenvalue weighted by Gasteiger charge is -2.13. The highest BCUT2D eigenvalue weighted by atomic mass is 16.2. The summed E-state index contributed by atoms with van der Waals surface area (Å²) in [7, 11) is 1.81. The van der Waals surface area contributed by atoms with Crippen molar-refractivity contribution in [2.45, 2.75) is 32.4 Å². The zero-order valence-corrected chi connectivity index (χ0v) is 20.0. The molecule has 182 valence electrons. The summed E-state index contributed by atoms with van der Waals surface area (Å²) in [5, 5.41) is 8.10. The second kappa shape index (κ2) is 10.4. The van der Waals surface area contributed by atoms with Crippen LogP contribution in [0.4, 0.5) is 0 Å². The van der Waals surface area contributed by atoms with Crippen LogP contribution in [0.25, 0.3) is 22.2 Å². The van der Waals surface area contributed by atoms with Crippen molar-refractivity contribution in [3.8, 4) is 11.3 Å². The lowest BCUT2D eigenvalue weighted by molar-refractivity contribution is -0.121. The molecule has 5 rings (SSSR count). The van der Waals surface area contributed by atoms with Gasteiger partial charge in [0.25, 0.3) is 5.56 Å². The van der Waals surface area contributed by atoms with E-state index in [9.17, 15) is 9.59 Å². The maximum absolute atomic E-state index is 13.4. The van der Waals surface area contributed by atoms with Crippen molar-refractivity contribution in [1.29, 1.82) is 0 Å². The van der Waals surface area contributed by atoms with Gasteiger partial charge >= 0.3 is 0 Å². The van der Waals surface area contributed by atoms with Gasteiger partial charge in [0.15, 0.2) is 0 Å². The minimum Gasteiger partial charge on any atom is -0.357 e. The molecule has 0 fully saturated rings. The highest BCUT2D eigenvalue weighted by Crippen LogP contribution is 2.17. The van der Waals surface area contributed by atoms with Crippen LogP contribution in [0.5, 0.6) is 0 Å². The molecule has 2 N–H and O–H groups in total. The van der Waals surface area contributed by atoms with Crippen molar-refractivity contribution in [2.24, 2.45) is 7.05 Å². The maximum Gasteiger partial charge on any atom is 0.273 e. The van der Waals surface area contributed by atoms with E-state index in [-0.39, 0.29) is 18.0 Å². The third-order valence-corrected chi connectivity index (χ3v) is 6.10. The lowest BCUT2D eigenvalue weighted by Crippen LogP contribution is -2.34. The van der Waals surface area contributed by atoms with Gasteiger partial charge < -0.3 is 10.3 Å². The number of nitrogens with one attached hydrogen (secondary N) is 2. The molecule has 0 aliphatic heterocycles. The summed E-state index contributed by atoms with van der Waals surface area (Å²) in [6.45, 7) is 0.207. The minimum absolute atomic E-state index is 0.112. The summed E-state index contributed by atoms with van der Waals surface area (Å²) in [4.78, 5) is 38.2. The fourth-order valence-corrected chi connectivity index (χ4v) is 4.27. The largest absolute Gasteiger partial charge is 0.357 e. The first-order chi connectivity index (χ1) is 17.6. The smallest absolute Gasteiger partial charge is 0.273 e. The number of nitrogens with zero attached hydrogens (tertiary/aromatic N) is 5. The Morgan fingerprint density at radius 1 is 1.08 bits per heavy atom. The fourth-order valence-electron chi connectivity index (χ4n) is 4.27. The summed E-state index contributed by atoms with van der Waals surface area (Å²) >= 11 is 0. The second-order valence-corrected chi connectivity index (χ2v) is 8.76. The highest BCUT2D eigenvalue weighted by molar-refractivity contribution is 5.80. The molecule has 0 aliphatic rings. The molecule has 0 saturated carbocycles. The van der Waals surface area contributed by atoms with Crippen molar-refractivity contribution in [1.82, 2.24) is 34.6 Å². The Morgan fingerprint density at radius 3 is 2.72 bits per heavy atom. The van der Waals surface area contributed by atoms with Crippen LogP contribution in [0.2, 0.25) is 0 Å². The molecule has 0 atom stereocenters. The SMILES string of the molecule is Cn1cc(-c2cnc(CCCc3ccccc3)c(=O)n2CC(=O)NCc2cc3cnccc3[nH]2)cn1. The number of hydrogen-bond donors (Lipinski definition) is 2. The number of rotatable bonds is 9. The first-order valence-electron chi connectivity index (χ1n) is 11.9. The molecular formula is C27H27N7O2. The molecular weight excluding hydrogens is 454 g/mol. The van der Waals surface area contributed by atoms with Gasteiger partial charge in [-0.3, -0.25) is 28.8 Å². The van der Waals surface area contributed by atoms with Crippen LogP contribution in [0, 0.1) is 0 Å². The van der Waals surface area contributed by atoms with E-state index in [4.69, 9.17) is 0 Å². The van der Waals surface area contributed by atoms with Gasteiger partial charge in [-0.05, 0) is 37.0 Å². The number of fused-ring (bicyclic) bond motifs is 1. The van der Waals surface area contributed by atoms with E-state index >= 15 is 0 Å². The van der Waals surface area contributed by atoms with Gasteiger partial charge in [0, 0.05) is 47.8 Å². The molecule has 0 radical (unpaired) electrons. The van der Waals surface area contributed by atoms with E-state index in [1.54, 1.807) is 42.7 Å². The third kappa shape index (κ3) is 5.25. The normalized spacial score (nSPS) is 11.1. The molecule has 0 unspecified atom stereocenters. The molecule has 4 heterocycles. The predicted molar refractivity (Wildman–Crippen MR) is 137 cm³/mol. The van der Waals surface area contributed by atoms with Gasteiger partial charge in [0.1, 0.15) is 12.2 Å². The van der Waals surface area contributed by atoms with E-state index in [1.165, 1.54) is 10.1 Å². The van der Waals surface area contributed by atoms with E-state index in [2.05, 4.69) is 37.5 Å².